The Morgan fingerprint density at radius 2 is 1.81 bits per heavy atom. The zero-order valence-corrected chi connectivity index (χ0v) is 15.9. The summed E-state index contributed by atoms with van der Waals surface area (Å²) in [4.78, 5) is 23.7. The van der Waals surface area contributed by atoms with Gasteiger partial charge in [0.25, 0.3) is 0 Å². The number of nitrogens with one attached hydrogen (secondary N) is 2. The minimum absolute atomic E-state index is 0.109. The number of amides is 2. The van der Waals surface area contributed by atoms with Gasteiger partial charge in [-0.05, 0) is 42.5 Å². The number of hydrogen-bond acceptors (Lipinski definition) is 3. The molecule has 0 aliphatic heterocycles. The normalized spacial score (nSPS) is 10.7. The molecule has 0 aliphatic rings. The van der Waals surface area contributed by atoms with E-state index in [4.69, 9.17) is 0 Å². The van der Waals surface area contributed by atoms with Gasteiger partial charge in [0, 0.05) is 28.0 Å². The van der Waals surface area contributed by atoms with Crippen LogP contribution in [0.1, 0.15) is 5.56 Å². The first-order valence-corrected chi connectivity index (χ1v) is 9.01. The van der Waals surface area contributed by atoms with Crippen molar-refractivity contribution in [2.45, 2.75) is 0 Å². The average molecular weight is 425 g/mol. The van der Waals surface area contributed by atoms with Crippen LogP contribution >= 0.6 is 15.9 Å². The molecule has 0 saturated carbocycles. The minimum atomic E-state index is -0.353. The molecule has 6 nitrogen and oxygen atoms in total. The number of anilines is 1. The third-order valence-electron chi connectivity index (χ3n) is 3.60. The zero-order chi connectivity index (χ0) is 19.1. The van der Waals surface area contributed by atoms with Crippen molar-refractivity contribution in [3.8, 4) is 5.69 Å². The Morgan fingerprint density at radius 1 is 1.07 bits per heavy atom. The van der Waals surface area contributed by atoms with Crippen molar-refractivity contribution >= 4 is 39.5 Å². The second-order valence-corrected chi connectivity index (χ2v) is 6.58. The van der Waals surface area contributed by atoms with Gasteiger partial charge in [0.05, 0.1) is 18.4 Å². The maximum atomic E-state index is 11.9. The molecular weight excluding hydrogens is 408 g/mol. The van der Waals surface area contributed by atoms with Crippen molar-refractivity contribution in [1.29, 1.82) is 0 Å². The average Bonchev–Trinajstić information content (AvgIpc) is 3.16. The minimum Gasteiger partial charge on any atom is -0.343 e. The lowest BCUT2D eigenvalue weighted by atomic mass is 10.3. The van der Waals surface area contributed by atoms with Crippen molar-refractivity contribution in [1.82, 2.24) is 15.1 Å². The van der Waals surface area contributed by atoms with Crippen LogP contribution in [-0.4, -0.2) is 28.1 Å². The van der Waals surface area contributed by atoms with Crippen molar-refractivity contribution in [2.24, 2.45) is 0 Å². The van der Waals surface area contributed by atoms with Gasteiger partial charge in [0.1, 0.15) is 0 Å². The summed E-state index contributed by atoms with van der Waals surface area (Å²) in [5.74, 6) is -0.649. The predicted molar refractivity (Wildman–Crippen MR) is 108 cm³/mol. The Hall–Kier alpha value is -3.19. The number of hydrogen-bond donors (Lipinski definition) is 2. The van der Waals surface area contributed by atoms with Crippen molar-refractivity contribution in [3.63, 3.8) is 0 Å². The standard InChI is InChI=1S/C20H17BrN4O2/c21-16-7-9-17(10-8-16)24-20(27)13-22-19(26)11-6-15-12-23-25(14-15)18-4-2-1-3-5-18/h1-12,14H,13H2,(H,22,26)(H,24,27)/b11-6+. The first kappa shape index (κ1) is 18.6. The maximum absolute atomic E-state index is 11.9. The summed E-state index contributed by atoms with van der Waals surface area (Å²) in [5.41, 5.74) is 2.39. The molecule has 7 heteroatoms. The number of halogens is 1. The lowest BCUT2D eigenvalue weighted by Gasteiger charge is -2.05. The van der Waals surface area contributed by atoms with Gasteiger partial charge in [-0.2, -0.15) is 5.10 Å². The van der Waals surface area contributed by atoms with Crippen LogP contribution in [0.5, 0.6) is 0 Å². The Labute approximate surface area is 165 Å². The number of carbonyl (C=O) groups is 2. The van der Waals surface area contributed by atoms with Crippen LogP contribution in [0.2, 0.25) is 0 Å². The largest absolute Gasteiger partial charge is 0.343 e. The highest BCUT2D eigenvalue weighted by Crippen LogP contribution is 2.13. The van der Waals surface area contributed by atoms with Gasteiger partial charge in [-0.25, -0.2) is 4.68 Å². The number of aromatic nitrogens is 2. The van der Waals surface area contributed by atoms with E-state index in [2.05, 4.69) is 31.7 Å². The first-order chi connectivity index (χ1) is 13.1. The summed E-state index contributed by atoms with van der Waals surface area (Å²) in [6, 6.07) is 16.9. The number of carbonyl (C=O) groups excluding carboxylic acids is 2. The van der Waals surface area contributed by atoms with E-state index in [0.29, 0.717) is 5.69 Å². The highest BCUT2D eigenvalue weighted by molar-refractivity contribution is 9.10. The monoisotopic (exact) mass is 424 g/mol. The van der Waals surface area contributed by atoms with Gasteiger partial charge >= 0.3 is 0 Å². The Balaban J connectivity index is 1.48. The molecule has 0 unspecified atom stereocenters. The van der Waals surface area contributed by atoms with E-state index >= 15 is 0 Å². The topological polar surface area (TPSA) is 76.0 Å². The van der Waals surface area contributed by atoms with Crippen LogP contribution < -0.4 is 10.6 Å². The van der Waals surface area contributed by atoms with Crippen molar-refractivity contribution < 1.29 is 9.59 Å². The number of nitrogens with zero attached hydrogens (tertiary/aromatic N) is 2. The number of para-hydroxylation sites is 1. The molecule has 0 spiro atoms. The second-order valence-electron chi connectivity index (χ2n) is 5.66. The predicted octanol–water partition coefficient (Wildman–Crippen LogP) is 3.40. The molecule has 0 fully saturated rings. The van der Waals surface area contributed by atoms with E-state index in [1.54, 1.807) is 29.1 Å². The first-order valence-electron chi connectivity index (χ1n) is 8.21. The molecule has 2 aromatic carbocycles. The smallest absolute Gasteiger partial charge is 0.244 e. The fourth-order valence-electron chi connectivity index (χ4n) is 2.28. The fourth-order valence-corrected chi connectivity index (χ4v) is 2.55. The van der Waals surface area contributed by atoms with Crippen molar-refractivity contribution in [3.05, 3.63) is 83.1 Å². The van der Waals surface area contributed by atoms with E-state index in [0.717, 1.165) is 15.7 Å². The summed E-state index contributed by atoms with van der Waals surface area (Å²) in [5, 5.41) is 9.51. The molecule has 3 aromatic rings. The van der Waals surface area contributed by atoms with Gasteiger partial charge in [-0.3, -0.25) is 9.59 Å². The molecular formula is C20H17BrN4O2. The molecule has 27 heavy (non-hydrogen) atoms. The van der Waals surface area contributed by atoms with E-state index < -0.39 is 0 Å². The lowest BCUT2D eigenvalue weighted by Crippen LogP contribution is -2.31. The maximum Gasteiger partial charge on any atom is 0.244 e. The molecule has 136 valence electrons. The quantitative estimate of drug-likeness (QED) is 0.595. The van der Waals surface area contributed by atoms with Crippen LogP contribution in [0.15, 0.2) is 77.5 Å². The molecule has 0 atom stereocenters. The lowest BCUT2D eigenvalue weighted by molar-refractivity contribution is -0.121. The highest BCUT2D eigenvalue weighted by Gasteiger charge is 2.04. The molecule has 1 heterocycles. The summed E-state index contributed by atoms with van der Waals surface area (Å²) >= 11 is 3.33. The van der Waals surface area contributed by atoms with Gasteiger partial charge < -0.3 is 10.6 Å². The summed E-state index contributed by atoms with van der Waals surface area (Å²) in [6.45, 7) is -0.109. The highest BCUT2D eigenvalue weighted by atomic mass is 79.9. The molecule has 2 amide bonds. The van der Waals surface area contributed by atoms with Gasteiger partial charge in [-0.1, -0.05) is 34.1 Å². The third kappa shape index (κ3) is 5.65. The van der Waals surface area contributed by atoms with Crippen molar-refractivity contribution in [2.75, 3.05) is 11.9 Å². The molecule has 3 rings (SSSR count). The summed E-state index contributed by atoms with van der Waals surface area (Å²) in [6.07, 6.45) is 6.50. The summed E-state index contributed by atoms with van der Waals surface area (Å²) < 4.78 is 2.65. The number of rotatable bonds is 6. The van der Waals surface area contributed by atoms with E-state index in [1.165, 1.54) is 6.08 Å². The third-order valence-corrected chi connectivity index (χ3v) is 4.13. The second kappa shape index (κ2) is 8.95. The molecule has 0 aliphatic carbocycles. The SMILES string of the molecule is O=C(/C=C/c1cnn(-c2ccccc2)c1)NCC(=O)Nc1ccc(Br)cc1. The van der Waals surface area contributed by atoms with Crippen LogP contribution in [0.4, 0.5) is 5.69 Å². The zero-order valence-electron chi connectivity index (χ0n) is 14.3. The molecule has 1 aromatic heterocycles. The fraction of sp³-hybridized carbons (Fsp3) is 0.0500. The van der Waals surface area contributed by atoms with E-state index in [-0.39, 0.29) is 18.4 Å². The summed E-state index contributed by atoms with van der Waals surface area (Å²) in [7, 11) is 0. The Kier molecular flexibility index (Phi) is 6.17. The molecule has 0 bridgehead atoms. The molecule has 0 saturated heterocycles. The van der Waals surface area contributed by atoms with Crippen LogP contribution in [0.25, 0.3) is 11.8 Å². The van der Waals surface area contributed by atoms with Gasteiger partial charge in [0.2, 0.25) is 11.8 Å². The van der Waals surface area contributed by atoms with Crippen LogP contribution in [0.3, 0.4) is 0 Å². The van der Waals surface area contributed by atoms with E-state index in [9.17, 15) is 9.59 Å². The van der Waals surface area contributed by atoms with Gasteiger partial charge in [0.15, 0.2) is 0 Å². The van der Waals surface area contributed by atoms with Crippen LogP contribution in [-0.2, 0) is 9.59 Å². The van der Waals surface area contributed by atoms with Gasteiger partial charge in [-0.15, -0.1) is 0 Å². The Morgan fingerprint density at radius 3 is 2.56 bits per heavy atom. The molecule has 0 radical (unpaired) electrons. The van der Waals surface area contributed by atoms with E-state index in [1.807, 2.05) is 48.7 Å². The number of benzene rings is 2. The molecule has 2 N–H and O–H groups in total. The van der Waals surface area contributed by atoms with Crippen LogP contribution in [0, 0.1) is 0 Å². The Bertz CT molecular complexity index is 950.